The first-order chi connectivity index (χ1) is 6.34. The summed E-state index contributed by atoms with van der Waals surface area (Å²) in [6, 6.07) is 0.894. The van der Waals surface area contributed by atoms with Crippen LogP contribution >= 0.6 is 58.0 Å². The van der Waals surface area contributed by atoms with E-state index in [-0.39, 0.29) is 11.1 Å². The number of hydrogen-bond acceptors (Lipinski definition) is 2. The minimum Gasteiger partial charge on any atom is -0.463 e. The highest BCUT2D eigenvalue weighted by atomic mass is 35.6. The fourth-order valence-corrected chi connectivity index (χ4v) is 2.54. The average Bonchev–Trinajstić information content (AvgIpc) is 2.01. The lowest BCUT2D eigenvalue weighted by Gasteiger charge is -2.10. The van der Waals surface area contributed by atoms with Crippen LogP contribution in [0.1, 0.15) is 6.42 Å². The van der Waals surface area contributed by atoms with Gasteiger partial charge >= 0.3 is 5.97 Å². The van der Waals surface area contributed by atoms with Crippen molar-refractivity contribution in [2.45, 2.75) is 20.7 Å². The Morgan fingerprint density at radius 2 is 1.93 bits per heavy atom. The lowest BCUT2D eigenvalue weighted by Crippen LogP contribution is -2.22. The highest BCUT2D eigenvalue weighted by molar-refractivity contribution is 6.75. The standard InChI is InChI=1S/C6H9Cl5O2Si/c7-5(8)14-3-1-2-13-4(12)6(9,10)11/h5H,1-3,14H2. The Labute approximate surface area is 110 Å². The Bertz CT molecular complexity index is 182. The van der Waals surface area contributed by atoms with E-state index in [2.05, 4.69) is 4.74 Å². The van der Waals surface area contributed by atoms with Crippen LogP contribution in [-0.2, 0) is 9.53 Å². The molecule has 0 atom stereocenters. The smallest absolute Gasteiger partial charge is 0.358 e. The molecule has 8 heteroatoms. The molecule has 0 rings (SSSR count). The summed E-state index contributed by atoms with van der Waals surface area (Å²) in [6.45, 7) is 0.236. The zero-order valence-electron chi connectivity index (χ0n) is 7.11. The van der Waals surface area contributed by atoms with Gasteiger partial charge in [-0.25, -0.2) is 4.79 Å². The van der Waals surface area contributed by atoms with Crippen molar-refractivity contribution < 1.29 is 9.53 Å². The fraction of sp³-hybridized carbons (Fsp3) is 0.833. The molecule has 0 radical (unpaired) electrons. The second kappa shape index (κ2) is 7.42. The lowest BCUT2D eigenvalue weighted by molar-refractivity contribution is -0.142. The molecule has 0 aromatic carbocycles. The van der Waals surface area contributed by atoms with Crippen molar-refractivity contribution in [1.29, 1.82) is 0 Å². The fourth-order valence-electron chi connectivity index (χ4n) is 0.647. The summed E-state index contributed by atoms with van der Waals surface area (Å²) in [5, 5.41) is 0. The van der Waals surface area contributed by atoms with Gasteiger partial charge in [-0.3, -0.25) is 0 Å². The van der Waals surface area contributed by atoms with Crippen molar-refractivity contribution in [3.63, 3.8) is 0 Å². The minimum atomic E-state index is -1.99. The van der Waals surface area contributed by atoms with E-state index < -0.39 is 19.3 Å². The largest absolute Gasteiger partial charge is 0.463 e. The highest BCUT2D eigenvalue weighted by Crippen LogP contribution is 2.27. The van der Waals surface area contributed by atoms with Crippen LogP contribution in [0.3, 0.4) is 0 Å². The minimum absolute atomic E-state index is 0.236. The Hall–Kier alpha value is 1.14. The summed E-state index contributed by atoms with van der Waals surface area (Å²) in [7, 11) is -0.492. The van der Waals surface area contributed by atoms with Crippen molar-refractivity contribution in [2.24, 2.45) is 0 Å². The van der Waals surface area contributed by atoms with E-state index in [0.717, 1.165) is 6.04 Å². The van der Waals surface area contributed by atoms with Crippen LogP contribution in [0, 0.1) is 0 Å². The molecule has 0 N–H and O–H groups in total. The molecule has 0 spiro atoms. The molecule has 0 heterocycles. The number of carbonyl (C=O) groups excluding carboxylic acids is 1. The highest BCUT2D eigenvalue weighted by Gasteiger charge is 2.32. The normalized spacial score (nSPS) is 12.7. The van der Waals surface area contributed by atoms with Crippen molar-refractivity contribution in [3.05, 3.63) is 0 Å². The molecule has 0 aromatic heterocycles. The van der Waals surface area contributed by atoms with Crippen molar-refractivity contribution in [3.8, 4) is 0 Å². The van der Waals surface area contributed by atoms with Crippen LogP contribution in [-0.4, -0.2) is 30.3 Å². The summed E-state index contributed by atoms with van der Waals surface area (Å²) in [6.07, 6.45) is 0.703. The summed E-state index contributed by atoms with van der Waals surface area (Å²) >= 11 is 26.9. The van der Waals surface area contributed by atoms with E-state index in [0.29, 0.717) is 6.42 Å². The molecule has 2 nitrogen and oxygen atoms in total. The SMILES string of the molecule is O=C(OCCC[SiH2]C(Cl)Cl)C(Cl)(Cl)Cl. The monoisotopic (exact) mass is 316 g/mol. The Morgan fingerprint density at radius 1 is 1.36 bits per heavy atom. The summed E-state index contributed by atoms with van der Waals surface area (Å²) in [5.41, 5.74) is 0. The molecule has 0 aliphatic heterocycles. The zero-order valence-corrected chi connectivity index (χ0v) is 12.3. The number of esters is 1. The third kappa shape index (κ3) is 8.45. The van der Waals surface area contributed by atoms with E-state index in [1.165, 1.54) is 0 Å². The predicted molar refractivity (Wildman–Crippen MR) is 64.7 cm³/mol. The molecule has 0 fully saturated rings. The van der Waals surface area contributed by atoms with Gasteiger partial charge in [-0.05, 0) is 6.42 Å². The molecule has 0 bridgehead atoms. The first-order valence-corrected chi connectivity index (χ1v) is 7.68. The maximum Gasteiger partial charge on any atom is 0.358 e. The number of halogens is 5. The molecule has 14 heavy (non-hydrogen) atoms. The van der Waals surface area contributed by atoms with E-state index in [1.54, 1.807) is 0 Å². The van der Waals surface area contributed by atoms with Gasteiger partial charge in [0, 0.05) is 0 Å². The number of hydrogen-bond donors (Lipinski definition) is 0. The first-order valence-electron chi connectivity index (χ1n) is 3.86. The molecule has 0 amide bonds. The number of rotatable bonds is 5. The molecule has 0 aliphatic carbocycles. The molecular weight excluding hydrogens is 309 g/mol. The van der Waals surface area contributed by atoms with Crippen LogP contribution in [0.2, 0.25) is 6.04 Å². The third-order valence-corrected chi connectivity index (χ3v) is 4.40. The van der Waals surface area contributed by atoms with Crippen LogP contribution in [0.25, 0.3) is 0 Å². The van der Waals surface area contributed by atoms with Gasteiger partial charge in [-0.2, -0.15) is 0 Å². The first kappa shape index (κ1) is 15.1. The lowest BCUT2D eigenvalue weighted by atomic mass is 10.5. The maximum atomic E-state index is 10.9. The van der Waals surface area contributed by atoms with Crippen molar-refractivity contribution in [2.75, 3.05) is 6.61 Å². The van der Waals surface area contributed by atoms with E-state index in [1.807, 2.05) is 0 Å². The van der Waals surface area contributed by atoms with Crippen molar-refractivity contribution >= 4 is 73.5 Å². The van der Waals surface area contributed by atoms with Gasteiger partial charge in [0.2, 0.25) is 0 Å². The van der Waals surface area contributed by atoms with Crippen LogP contribution in [0.15, 0.2) is 0 Å². The molecule has 84 valence electrons. The Morgan fingerprint density at radius 3 is 2.36 bits per heavy atom. The van der Waals surface area contributed by atoms with E-state index in [9.17, 15) is 4.79 Å². The van der Waals surface area contributed by atoms with Crippen molar-refractivity contribution in [1.82, 2.24) is 0 Å². The molecule has 0 saturated heterocycles. The third-order valence-electron chi connectivity index (χ3n) is 1.28. The van der Waals surface area contributed by atoms with Crippen LogP contribution in [0.4, 0.5) is 0 Å². The van der Waals surface area contributed by atoms with Gasteiger partial charge < -0.3 is 4.74 Å². The number of carbonyl (C=O) groups is 1. The maximum absolute atomic E-state index is 10.9. The molecule has 0 aliphatic rings. The van der Waals surface area contributed by atoms with Gasteiger partial charge in [-0.1, -0.05) is 40.8 Å². The average molecular weight is 318 g/mol. The van der Waals surface area contributed by atoms with E-state index >= 15 is 0 Å². The van der Waals surface area contributed by atoms with Gasteiger partial charge in [-0.15, -0.1) is 23.2 Å². The number of ether oxygens (including phenoxy) is 1. The summed E-state index contributed by atoms with van der Waals surface area (Å²) in [4.78, 5) is 10.9. The molecular formula is C6H9Cl5O2Si. The van der Waals surface area contributed by atoms with Gasteiger partial charge in [0.15, 0.2) is 0 Å². The van der Waals surface area contributed by atoms with Gasteiger partial charge in [0.05, 0.1) is 20.6 Å². The molecule has 0 aromatic rings. The second-order valence-corrected chi connectivity index (χ2v) is 9.21. The van der Waals surface area contributed by atoms with Gasteiger partial charge in [0.25, 0.3) is 3.79 Å². The van der Waals surface area contributed by atoms with Crippen LogP contribution < -0.4 is 0 Å². The zero-order chi connectivity index (χ0) is 11.2. The topological polar surface area (TPSA) is 26.3 Å². The summed E-state index contributed by atoms with van der Waals surface area (Å²) in [5.74, 6) is -0.850. The second-order valence-electron chi connectivity index (χ2n) is 2.52. The number of alkyl halides is 5. The molecule has 0 unspecified atom stereocenters. The van der Waals surface area contributed by atoms with Crippen LogP contribution in [0.5, 0.6) is 0 Å². The van der Waals surface area contributed by atoms with E-state index in [4.69, 9.17) is 58.0 Å². The quantitative estimate of drug-likeness (QED) is 0.337. The Kier molecular flexibility index (Phi) is 8.02. The van der Waals surface area contributed by atoms with Gasteiger partial charge in [0.1, 0.15) is 0 Å². The predicted octanol–water partition coefficient (Wildman–Crippen LogP) is 2.64. The summed E-state index contributed by atoms with van der Waals surface area (Å²) < 4.78 is 2.45. The Balaban J connectivity index is 3.42. The molecule has 0 saturated carbocycles.